The van der Waals surface area contributed by atoms with Crippen LogP contribution in [-0.2, 0) is 6.42 Å². The average Bonchev–Trinajstić information content (AvgIpc) is 2.94. The number of nitrogens with zero attached hydrogens (tertiary/aromatic N) is 1. The Balaban J connectivity index is 1.92. The van der Waals surface area contributed by atoms with Gasteiger partial charge in [-0.25, -0.2) is 4.98 Å². The van der Waals surface area contributed by atoms with Gasteiger partial charge in [-0.3, -0.25) is 10.1 Å². The van der Waals surface area contributed by atoms with Crippen LogP contribution in [-0.4, -0.2) is 10.9 Å². The summed E-state index contributed by atoms with van der Waals surface area (Å²) in [5.41, 5.74) is 0.677. The standard InChI is InChI=1S/C16H14N2OS/c1-2-12-10-17-16(20-12)18-15(19)14-9-5-7-11-6-3-4-8-13(11)14/h3-10H,2H2,1H3,(H,17,18,19). The number of nitrogens with one attached hydrogen (secondary N) is 1. The summed E-state index contributed by atoms with van der Waals surface area (Å²) in [6.07, 6.45) is 2.74. The van der Waals surface area contributed by atoms with Crippen LogP contribution in [0.2, 0.25) is 0 Å². The molecule has 0 atom stereocenters. The first-order valence-corrected chi connectivity index (χ1v) is 7.33. The fourth-order valence-electron chi connectivity index (χ4n) is 2.12. The molecule has 20 heavy (non-hydrogen) atoms. The van der Waals surface area contributed by atoms with Crippen LogP contribution in [0, 0.1) is 0 Å². The van der Waals surface area contributed by atoms with Crippen LogP contribution in [0.3, 0.4) is 0 Å². The van der Waals surface area contributed by atoms with Crippen molar-refractivity contribution < 1.29 is 4.79 Å². The summed E-state index contributed by atoms with van der Waals surface area (Å²) in [7, 11) is 0. The number of fused-ring (bicyclic) bond motifs is 1. The Labute approximate surface area is 121 Å². The molecule has 1 amide bonds. The van der Waals surface area contributed by atoms with Gasteiger partial charge in [0.2, 0.25) is 0 Å². The van der Waals surface area contributed by atoms with Crippen molar-refractivity contribution in [2.75, 3.05) is 5.32 Å². The van der Waals surface area contributed by atoms with Gasteiger partial charge in [-0.05, 0) is 23.3 Å². The third-order valence-electron chi connectivity index (χ3n) is 3.16. The van der Waals surface area contributed by atoms with Gasteiger partial charge < -0.3 is 0 Å². The van der Waals surface area contributed by atoms with Crippen LogP contribution >= 0.6 is 11.3 Å². The Morgan fingerprint density at radius 3 is 2.80 bits per heavy atom. The molecule has 3 rings (SSSR count). The van der Waals surface area contributed by atoms with Crippen LogP contribution in [0.15, 0.2) is 48.7 Å². The Morgan fingerprint density at radius 2 is 2.00 bits per heavy atom. The SMILES string of the molecule is CCc1cnc(NC(=O)c2cccc3ccccc23)s1. The van der Waals surface area contributed by atoms with Crippen molar-refractivity contribution in [2.45, 2.75) is 13.3 Å². The topological polar surface area (TPSA) is 42.0 Å². The van der Waals surface area contributed by atoms with E-state index in [4.69, 9.17) is 0 Å². The Hall–Kier alpha value is -2.20. The van der Waals surface area contributed by atoms with Gasteiger partial charge in [0.15, 0.2) is 5.13 Å². The monoisotopic (exact) mass is 282 g/mol. The summed E-state index contributed by atoms with van der Waals surface area (Å²) in [6.45, 7) is 2.07. The molecule has 3 aromatic rings. The first-order chi connectivity index (χ1) is 9.78. The summed E-state index contributed by atoms with van der Waals surface area (Å²) < 4.78 is 0. The molecule has 0 radical (unpaired) electrons. The lowest BCUT2D eigenvalue weighted by Crippen LogP contribution is -2.11. The molecular formula is C16H14N2OS. The van der Waals surface area contributed by atoms with E-state index >= 15 is 0 Å². The number of amides is 1. The van der Waals surface area contributed by atoms with Crippen molar-refractivity contribution in [2.24, 2.45) is 0 Å². The molecule has 0 spiro atoms. The van der Waals surface area contributed by atoms with Crippen molar-refractivity contribution in [3.8, 4) is 0 Å². The second kappa shape index (κ2) is 5.43. The van der Waals surface area contributed by atoms with Crippen LogP contribution < -0.4 is 5.32 Å². The average molecular weight is 282 g/mol. The number of hydrogen-bond acceptors (Lipinski definition) is 3. The Morgan fingerprint density at radius 1 is 1.20 bits per heavy atom. The van der Waals surface area contributed by atoms with Crippen LogP contribution in [0.4, 0.5) is 5.13 Å². The quantitative estimate of drug-likeness (QED) is 0.785. The van der Waals surface area contributed by atoms with Crippen LogP contribution in [0.1, 0.15) is 22.2 Å². The number of aryl methyl sites for hydroxylation is 1. The highest BCUT2D eigenvalue weighted by Crippen LogP contribution is 2.22. The zero-order valence-electron chi connectivity index (χ0n) is 11.1. The molecule has 0 aliphatic carbocycles. The third kappa shape index (κ3) is 2.42. The minimum Gasteiger partial charge on any atom is -0.298 e. The molecule has 1 aromatic heterocycles. The molecule has 0 saturated carbocycles. The zero-order chi connectivity index (χ0) is 13.9. The van der Waals surface area contributed by atoms with Crippen molar-refractivity contribution in [3.63, 3.8) is 0 Å². The highest BCUT2D eigenvalue weighted by atomic mass is 32.1. The van der Waals surface area contributed by atoms with E-state index in [1.54, 1.807) is 0 Å². The van der Waals surface area contributed by atoms with Gasteiger partial charge in [-0.15, -0.1) is 11.3 Å². The predicted octanol–water partition coefficient (Wildman–Crippen LogP) is 4.11. The molecule has 0 fully saturated rings. The Kier molecular flexibility index (Phi) is 3.48. The highest BCUT2D eigenvalue weighted by Gasteiger charge is 2.11. The maximum Gasteiger partial charge on any atom is 0.258 e. The molecule has 0 aliphatic heterocycles. The molecule has 1 heterocycles. The molecule has 2 aromatic carbocycles. The fourth-order valence-corrected chi connectivity index (χ4v) is 2.86. The van der Waals surface area contributed by atoms with Gasteiger partial charge in [0.25, 0.3) is 5.91 Å². The Bertz CT molecular complexity index is 759. The molecule has 0 bridgehead atoms. The van der Waals surface area contributed by atoms with Crippen molar-refractivity contribution in [3.05, 3.63) is 59.1 Å². The van der Waals surface area contributed by atoms with Gasteiger partial charge in [-0.2, -0.15) is 0 Å². The van der Waals surface area contributed by atoms with Gasteiger partial charge >= 0.3 is 0 Å². The van der Waals surface area contributed by atoms with E-state index in [1.165, 1.54) is 16.2 Å². The number of thiazole rings is 1. The van der Waals surface area contributed by atoms with Gasteiger partial charge in [-0.1, -0.05) is 43.3 Å². The van der Waals surface area contributed by atoms with E-state index in [0.717, 1.165) is 17.2 Å². The minimum absolute atomic E-state index is 0.112. The largest absolute Gasteiger partial charge is 0.298 e. The van der Waals surface area contributed by atoms with Crippen molar-refractivity contribution in [1.82, 2.24) is 4.98 Å². The number of aromatic nitrogens is 1. The lowest BCUT2D eigenvalue weighted by atomic mass is 10.0. The summed E-state index contributed by atoms with van der Waals surface area (Å²) in [6, 6.07) is 13.6. The number of carbonyl (C=O) groups is 1. The summed E-state index contributed by atoms with van der Waals surface area (Å²) in [5, 5.41) is 5.55. The summed E-state index contributed by atoms with van der Waals surface area (Å²) in [5.74, 6) is -0.112. The van der Waals surface area contributed by atoms with E-state index in [2.05, 4.69) is 17.2 Å². The summed E-state index contributed by atoms with van der Waals surface area (Å²) in [4.78, 5) is 17.8. The van der Waals surface area contributed by atoms with Crippen LogP contribution in [0.5, 0.6) is 0 Å². The molecule has 100 valence electrons. The number of hydrogen-bond donors (Lipinski definition) is 1. The first-order valence-electron chi connectivity index (χ1n) is 6.51. The highest BCUT2D eigenvalue weighted by molar-refractivity contribution is 7.15. The van der Waals surface area contributed by atoms with E-state index in [0.29, 0.717) is 10.7 Å². The van der Waals surface area contributed by atoms with E-state index in [9.17, 15) is 4.79 Å². The molecule has 1 N–H and O–H groups in total. The number of benzene rings is 2. The minimum atomic E-state index is -0.112. The molecule has 0 saturated heterocycles. The normalized spacial score (nSPS) is 10.7. The fraction of sp³-hybridized carbons (Fsp3) is 0.125. The number of carbonyl (C=O) groups excluding carboxylic acids is 1. The molecule has 0 unspecified atom stereocenters. The van der Waals surface area contributed by atoms with E-state index in [-0.39, 0.29) is 5.91 Å². The van der Waals surface area contributed by atoms with Gasteiger partial charge in [0.05, 0.1) is 0 Å². The van der Waals surface area contributed by atoms with Gasteiger partial charge in [0.1, 0.15) is 0 Å². The first kappa shape index (κ1) is 12.8. The molecule has 3 nitrogen and oxygen atoms in total. The number of anilines is 1. The zero-order valence-corrected chi connectivity index (χ0v) is 11.9. The van der Waals surface area contributed by atoms with Gasteiger partial charge in [0, 0.05) is 16.6 Å². The lowest BCUT2D eigenvalue weighted by Gasteiger charge is -2.05. The van der Waals surface area contributed by atoms with E-state index < -0.39 is 0 Å². The molecular weight excluding hydrogens is 268 g/mol. The van der Waals surface area contributed by atoms with Crippen molar-refractivity contribution >= 4 is 33.1 Å². The predicted molar refractivity (Wildman–Crippen MR) is 83.4 cm³/mol. The van der Waals surface area contributed by atoms with Crippen molar-refractivity contribution in [1.29, 1.82) is 0 Å². The molecule has 4 heteroatoms. The maximum atomic E-state index is 12.4. The second-order valence-corrected chi connectivity index (χ2v) is 5.58. The van der Waals surface area contributed by atoms with Crippen LogP contribution in [0.25, 0.3) is 10.8 Å². The third-order valence-corrected chi connectivity index (χ3v) is 4.21. The smallest absolute Gasteiger partial charge is 0.258 e. The summed E-state index contributed by atoms with van der Waals surface area (Å²) >= 11 is 1.52. The second-order valence-electron chi connectivity index (χ2n) is 4.47. The maximum absolute atomic E-state index is 12.4. The van der Waals surface area contributed by atoms with E-state index in [1.807, 2.05) is 48.7 Å². The number of rotatable bonds is 3. The lowest BCUT2D eigenvalue weighted by molar-refractivity contribution is 0.102. The molecule has 0 aliphatic rings.